The lowest BCUT2D eigenvalue weighted by atomic mass is 10.1. The Hall–Kier alpha value is -0.560. The van der Waals surface area contributed by atoms with Crippen LogP contribution in [-0.2, 0) is 4.74 Å². The first kappa shape index (κ1) is 14.4. The van der Waals surface area contributed by atoms with Gasteiger partial charge < -0.3 is 4.74 Å². The molecule has 88 valence electrons. The molecule has 0 radical (unpaired) electrons. The highest BCUT2D eigenvalue weighted by Gasteiger charge is 2.06. The molecule has 0 saturated carbocycles. The Balaban J connectivity index is 3.86. The van der Waals surface area contributed by atoms with Crippen molar-refractivity contribution in [2.45, 2.75) is 59.5 Å². The van der Waals surface area contributed by atoms with Gasteiger partial charge in [-0.2, -0.15) is 0 Å². The lowest BCUT2D eigenvalue weighted by molar-refractivity contribution is 0.0561. The smallest absolute Gasteiger partial charge is 0.0680 e. The summed E-state index contributed by atoms with van der Waals surface area (Å²) in [5.74, 6) is 0. The minimum absolute atomic E-state index is 0.453. The highest BCUT2D eigenvalue weighted by molar-refractivity contribution is 5.09. The van der Waals surface area contributed by atoms with Crippen LogP contribution in [0.15, 0.2) is 23.8 Å². The summed E-state index contributed by atoms with van der Waals surface area (Å²) in [4.78, 5) is 0. The second-order valence-electron chi connectivity index (χ2n) is 4.05. The Morgan fingerprint density at radius 1 is 1.20 bits per heavy atom. The van der Waals surface area contributed by atoms with E-state index in [1.807, 2.05) is 13.0 Å². The molecule has 0 aliphatic carbocycles. The van der Waals surface area contributed by atoms with Crippen LogP contribution in [0.2, 0.25) is 0 Å². The molecular formula is C14H26O. The fourth-order valence-corrected chi connectivity index (χ4v) is 1.51. The molecule has 0 amide bonds. The summed E-state index contributed by atoms with van der Waals surface area (Å²) in [5.41, 5.74) is 1.30. The van der Waals surface area contributed by atoms with Gasteiger partial charge in [-0.3, -0.25) is 0 Å². The molecule has 0 spiro atoms. The molecular weight excluding hydrogens is 184 g/mol. The van der Waals surface area contributed by atoms with E-state index >= 15 is 0 Å². The summed E-state index contributed by atoms with van der Waals surface area (Å²) in [6, 6.07) is 0. The summed E-state index contributed by atoms with van der Waals surface area (Å²) in [5, 5.41) is 0. The molecule has 0 saturated heterocycles. The largest absolute Gasteiger partial charge is 0.374 e. The van der Waals surface area contributed by atoms with E-state index in [1.54, 1.807) is 0 Å². The van der Waals surface area contributed by atoms with Crippen LogP contribution in [0.1, 0.15) is 53.4 Å². The normalized spacial score (nSPS) is 13.0. The fraction of sp³-hybridized carbons (Fsp3) is 0.714. The van der Waals surface area contributed by atoms with Crippen molar-refractivity contribution in [3.63, 3.8) is 0 Å². The topological polar surface area (TPSA) is 9.23 Å². The number of rotatable bonds is 8. The molecule has 0 bridgehead atoms. The molecule has 0 rings (SSSR count). The van der Waals surface area contributed by atoms with Crippen LogP contribution in [0.4, 0.5) is 0 Å². The molecule has 0 unspecified atom stereocenters. The maximum Gasteiger partial charge on any atom is 0.0680 e. The summed E-state index contributed by atoms with van der Waals surface area (Å²) in [6.45, 7) is 9.36. The minimum atomic E-state index is 0.453. The second kappa shape index (κ2) is 9.97. The highest BCUT2D eigenvalue weighted by atomic mass is 16.5. The predicted molar refractivity (Wildman–Crippen MR) is 68.1 cm³/mol. The fourth-order valence-electron chi connectivity index (χ4n) is 1.51. The average molecular weight is 210 g/mol. The highest BCUT2D eigenvalue weighted by Crippen LogP contribution is 2.10. The van der Waals surface area contributed by atoms with Crippen molar-refractivity contribution in [1.29, 1.82) is 0 Å². The monoisotopic (exact) mass is 210 g/mol. The van der Waals surface area contributed by atoms with Crippen molar-refractivity contribution >= 4 is 0 Å². The third kappa shape index (κ3) is 8.44. The minimum Gasteiger partial charge on any atom is -0.374 e. The maximum absolute atomic E-state index is 5.88. The Morgan fingerprint density at radius 3 is 2.27 bits per heavy atom. The second-order valence-corrected chi connectivity index (χ2v) is 4.05. The molecule has 0 atom stereocenters. The SMILES string of the molecule is C/C=C\C=C(\C)COC(CCC)CCC. The molecule has 0 fully saturated rings. The molecule has 0 aliphatic heterocycles. The van der Waals surface area contributed by atoms with E-state index in [0.717, 1.165) is 6.61 Å². The summed E-state index contributed by atoms with van der Waals surface area (Å²) in [6.07, 6.45) is 11.5. The van der Waals surface area contributed by atoms with Crippen molar-refractivity contribution < 1.29 is 4.74 Å². The van der Waals surface area contributed by atoms with Crippen LogP contribution in [-0.4, -0.2) is 12.7 Å². The zero-order valence-corrected chi connectivity index (χ0v) is 10.8. The number of allylic oxidation sites excluding steroid dienone is 3. The summed E-state index contributed by atoms with van der Waals surface area (Å²) in [7, 11) is 0. The van der Waals surface area contributed by atoms with Gasteiger partial charge in [0.1, 0.15) is 0 Å². The van der Waals surface area contributed by atoms with E-state index in [4.69, 9.17) is 4.74 Å². The van der Waals surface area contributed by atoms with Gasteiger partial charge in [0.05, 0.1) is 12.7 Å². The van der Waals surface area contributed by atoms with Gasteiger partial charge in [-0.05, 0) is 32.3 Å². The molecule has 1 heteroatoms. The van der Waals surface area contributed by atoms with Gasteiger partial charge in [-0.25, -0.2) is 0 Å². The Morgan fingerprint density at radius 2 is 1.80 bits per heavy atom. The standard InChI is InChI=1S/C14H26O/c1-5-8-11-13(4)12-15-14(9-6-2)10-7-3/h5,8,11,14H,6-7,9-10,12H2,1-4H3/b8-5-,13-11-. The van der Waals surface area contributed by atoms with Gasteiger partial charge in [0.25, 0.3) is 0 Å². The van der Waals surface area contributed by atoms with Gasteiger partial charge in [0.15, 0.2) is 0 Å². The van der Waals surface area contributed by atoms with Gasteiger partial charge in [0, 0.05) is 0 Å². The first-order valence-electron chi connectivity index (χ1n) is 6.14. The van der Waals surface area contributed by atoms with E-state index in [1.165, 1.54) is 31.3 Å². The van der Waals surface area contributed by atoms with Crippen LogP contribution in [0.25, 0.3) is 0 Å². The Bertz CT molecular complexity index is 186. The lowest BCUT2D eigenvalue weighted by Gasteiger charge is -2.16. The predicted octanol–water partition coefficient (Wildman–Crippen LogP) is 4.49. The van der Waals surface area contributed by atoms with Crippen molar-refractivity contribution in [2.24, 2.45) is 0 Å². The summed E-state index contributed by atoms with van der Waals surface area (Å²) >= 11 is 0. The van der Waals surface area contributed by atoms with E-state index in [0.29, 0.717) is 6.10 Å². The van der Waals surface area contributed by atoms with Gasteiger partial charge in [0.2, 0.25) is 0 Å². The molecule has 1 nitrogen and oxygen atoms in total. The van der Waals surface area contributed by atoms with E-state index < -0.39 is 0 Å². The van der Waals surface area contributed by atoms with Crippen LogP contribution in [0.3, 0.4) is 0 Å². The molecule has 0 aromatic carbocycles. The molecule has 0 heterocycles. The van der Waals surface area contributed by atoms with E-state index in [2.05, 4.69) is 32.9 Å². The van der Waals surface area contributed by atoms with Gasteiger partial charge in [-0.1, -0.05) is 44.9 Å². The third-order valence-electron chi connectivity index (χ3n) is 2.34. The molecule has 0 N–H and O–H groups in total. The quantitative estimate of drug-likeness (QED) is 0.536. The van der Waals surface area contributed by atoms with Gasteiger partial charge in [-0.15, -0.1) is 0 Å². The molecule has 0 aromatic heterocycles. The number of hydrogen-bond donors (Lipinski definition) is 0. The molecule has 0 aliphatic rings. The van der Waals surface area contributed by atoms with Crippen molar-refractivity contribution in [3.8, 4) is 0 Å². The van der Waals surface area contributed by atoms with Gasteiger partial charge >= 0.3 is 0 Å². The Labute approximate surface area is 95.2 Å². The van der Waals surface area contributed by atoms with Crippen molar-refractivity contribution in [1.82, 2.24) is 0 Å². The Kier molecular flexibility index (Phi) is 9.60. The number of hydrogen-bond acceptors (Lipinski definition) is 1. The van der Waals surface area contributed by atoms with Crippen molar-refractivity contribution in [2.75, 3.05) is 6.61 Å². The third-order valence-corrected chi connectivity index (χ3v) is 2.34. The summed E-state index contributed by atoms with van der Waals surface area (Å²) < 4.78 is 5.88. The van der Waals surface area contributed by atoms with E-state index in [-0.39, 0.29) is 0 Å². The molecule has 15 heavy (non-hydrogen) atoms. The zero-order chi connectivity index (χ0) is 11.5. The number of ether oxygens (including phenoxy) is 1. The lowest BCUT2D eigenvalue weighted by Crippen LogP contribution is -2.13. The average Bonchev–Trinajstić information content (AvgIpc) is 2.23. The van der Waals surface area contributed by atoms with Crippen LogP contribution in [0.5, 0.6) is 0 Å². The van der Waals surface area contributed by atoms with E-state index in [9.17, 15) is 0 Å². The molecule has 0 aromatic rings. The first-order valence-corrected chi connectivity index (χ1v) is 6.14. The first-order chi connectivity index (χ1) is 7.24. The maximum atomic E-state index is 5.88. The van der Waals surface area contributed by atoms with Crippen LogP contribution in [0, 0.1) is 0 Å². The van der Waals surface area contributed by atoms with Crippen LogP contribution < -0.4 is 0 Å². The zero-order valence-electron chi connectivity index (χ0n) is 10.8. The van der Waals surface area contributed by atoms with Crippen molar-refractivity contribution in [3.05, 3.63) is 23.8 Å². The van der Waals surface area contributed by atoms with Crippen LogP contribution >= 0.6 is 0 Å².